The summed E-state index contributed by atoms with van der Waals surface area (Å²) in [4.78, 5) is 0. The molecule has 0 heterocycles. The molecule has 0 radical (unpaired) electrons. The van der Waals surface area contributed by atoms with Crippen molar-refractivity contribution in [2.75, 3.05) is 0 Å². The summed E-state index contributed by atoms with van der Waals surface area (Å²) in [6.07, 6.45) is 0. The molecule has 0 aliphatic carbocycles. The Labute approximate surface area is 59.8 Å². The summed E-state index contributed by atoms with van der Waals surface area (Å²) in [6.45, 7) is 13.0. The van der Waals surface area contributed by atoms with Crippen LogP contribution in [-0.2, 0) is 0 Å². The van der Waals surface area contributed by atoms with Gasteiger partial charge in [0.15, 0.2) is 0 Å². The molecule has 0 spiro atoms. The highest BCUT2D eigenvalue weighted by molar-refractivity contribution is 4.21. The minimum absolute atomic E-state index is 0. The Morgan fingerprint density at radius 1 is 0.556 bits per heavy atom. The second-order valence-electron chi connectivity index (χ2n) is 3.46. The topological polar surface area (TPSA) is 31.5 Å². The van der Waals surface area contributed by atoms with Gasteiger partial charge in [-0.3, -0.25) is 0 Å². The molecule has 0 aliphatic rings. The Balaban J connectivity index is -0.0000000720. The van der Waals surface area contributed by atoms with Crippen LogP contribution < -0.4 is 0 Å². The van der Waals surface area contributed by atoms with Crippen LogP contribution in [-0.4, -0.2) is 5.48 Å². The summed E-state index contributed by atoms with van der Waals surface area (Å²) in [5, 5.41) is 0. The monoisotopic (exact) mass is 134 g/mol. The van der Waals surface area contributed by atoms with Crippen LogP contribution >= 0.6 is 0 Å². The minimum Gasteiger partial charge on any atom is -0.412 e. The van der Waals surface area contributed by atoms with Crippen molar-refractivity contribution in [3.8, 4) is 0 Å². The van der Waals surface area contributed by atoms with Crippen molar-refractivity contribution >= 4 is 0 Å². The first kappa shape index (κ1) is 16.0. The Kier molecular flexibility index (Phi) is 19.3. The smallest absolute Gasteiger partial charge is 0.0500 e. The lowest BCUT2D eigenvalue weighted by atomic mass is 10.3. The van der Waals surface area contributed by atoms with E-state index in [0.717, 1.165) is 11.8 Å². The highest BCUT2D eigenvalue weighted by atomic mass is 16.0. The van der Waals surface area contributed by atoms with Gasteiger partial charge in [0.25, 0.3) is 0 Å². The summed E-state index contributed by atoms with van der Waals surface area (Å²) in [5.74, 6) is 1.67. The second kappa shape index (κ2) is 10.9. The third-order valence-electron chi connectivity index (χ3n) is 0. The molecule has 0 rings (SSSR count). The number of hydrogen-bond acceptors (Lipinski definition) is 0. The largest absolute Gasteiger partial charge is 0.412 e. The average Bonchev–Trinajstić information content (AvgIpc) is 1.25. The zero-order chi connectivity index (χ0) is 7.15. The molecule has 0 fully saturated rings. The first-order valence-corrected chi connectivity index (χ1v) is 3.46. The summed E-state index contributed by atoms with van der Waals surface area (Å²) in [7, 11) is 0. The van der Waals surface area contributed by atoms with Crippen LogP contribution in [0.2, 0.25) is 0 Å². The summed E-state index contributed by atoms with van der Waals surface area (Å²) in [5.41, 5.74) is 0. The van der Waals surface area contributed by atoms with Crippen LogP contribution in [0.5, 0.6) is 0 Å². The molecule has 0 saturated carbocycles. The molecule has 0 saturated heterocycles. The molecule has 9 heavy (non-hydrogen) atoms. The van der Waals surface area contributed by atoms with Gasteiger partial charge in [-0.05, 0) is 11.8 Å². The van der Waals surface area contributed by atoms with E-state index in [1.54, 1.807) is 0 Å². The summed E-state index contributed by atoms with van der Waals surface area (Å²) in [6, 6.07) is 0. The highest BCUT2D eigenvalue weighted by Gasteiger charge is 1.68. The molecule has 2 N–H and O–H groups in total. The van der Waals surface area contributed by atoms with Crippen molar-refractivity contribution in [3.63, 3.8) is 0 Å². The van der Waals surface area contributed by atoms with Gasteiger partial charge < -0.3 is 5.48 Å². The van der Waals surface area contributed by atoms with Crippen LogP contribution in [0.25, 0.3) is 0 Å². The van der Waals surface area contributed by atoms with Crippen molar-refractivity contribution in [2.24, 2.45) is 11.8 Å². The zero-order valence-electron chi connectivity index (χ0n) is 7.65. The molecule has 0 amide bonds. The minimum atomic E-state index is 0. The zero-order valence-corrected chi connectivity index (χ0v) is 7.65. The van der Waals surface area contributed by atoms with Crippen LogP contribution in [0, 0.1) is 11.8 Å². The quantitative estimate of drug-likeness (QED) is 0.487. The lowest BCUT2D eigenvalue weighted by Crippen LogP contribution is -1.66. The molecule has 0 unspecified atom stereocenters. The molecular weight excluding hydrogens is 112 g/mol. The van der Waals surface area contributed by atoms with E-state index in [2.05, 4.69) is 41.5 Å². The summed E-state index contributed by atoms with van der Waals surface area (Å²) >= 11 is 0. The fourth-order valence-electron chi connectivity index (χ4n) is 0. The standard InChI is InChI=1S/2C4H10.H2O/c2*1-4(2)3;/h2*4H,1-3H3;1H2. The molecule has 0 aromatic carbocycles. The fourth-order valence-corrected chi connectivity index (χ4v) is 0. The van der Waals surface area contributed by atoms with Crippen LogP contribution in [0.1, 0.15) is 41.5 Å². The van der Waals surface area contributed by atoms with Gasteiger partial charge in [-0.2, -0.15) is 0 Å². The third kappa shape index (κ3) is 177000. The summed E-state index contributed by atoms with van der Waals surface area (Å²) < 4.78 is 0. The van der Waals surface area contributed by atoms with E-state index in [9.17, 15) is 0 Å². The van der Waals surface area contributed by atoms with Crippen LogP contribution in [0.4, 0.5) is 0 Å². The Morgan fingerprint density at radius 3 is 0.556 bits per heavy atom. The fraction of sp³-hybridized carbons (Fsp3) is 1.00. The van der Waals surface area contributed by atoms with Crippen molar-refractivity contribution in [1.29, 1.82) is 0 Å². The maximum absolute atomic E-state index is 2.17. The van der Waals surface area contributed by atoms with Gasteiger partial charge in [0.2, 0.25) is 0 Å². The van der Waals surface area contributed by atoms with E-state index in [4.69, 9.17) is 0 Å². The lowest BCUT2D eigenvalue weighted by Gasteiger charge is -1.79. The molecule has 0 aromatic rings. The van der Waals surface area contributed by atoms with Crippen LogP contribution in [0.15, 0.2) is 0 Å². The SMILES string of the molecule is CC(C)C.CC(C)C.O. The van der Waals surface area contributed by atoms with Crippen molar-refractivity contribution in [2.45, 2.75) is 41.5 Å². The van der Waals surface area contributed by atoms with Gasteiger partial charge in [0, 0.05) is 0 Å². The second-order valence-corrected chi connectivity index (χ2v) is 3.46. The van der Waals surface area contributed by atoms with E-state index in [0.29, 0.717) is 0 Å². The van der Waals surface area contributed by atoms with Gasteiger partial charge in [-0.25, -0.2) is 0 Å². The lowest BCUT2D eigenvalue weighted by molar-refractivity contribution is 0.736. The third-order valence-corrected chi connectivity index (χ3v) is 0. The maximum Gasteiger partial charge on any atom is -0.0500 e. The van der Waals surface area contributed by atoms with E-state index in [-0.39, 0.29) is 5.48 Å². The van der Waals surface area contributed by atoms with Gasteiger partial charge in [-0.15, -0.1) is 0 Å². The number of hydrogen-bond donors (Lipinski definition) is 0. The molecule has 60 valence electrons. The van der Waals surface area contributed by atoms with Crippen LogP contribution in [0.3, 0.4) is 0 Å². The van der Waals surface area contributed by atoms with Gasteiger partial charge in [0.1, 0.15) is 0 Å². The average molecular weight is 134 g/mol. The molecule has 0 aromatic heterocycles. The van der Waals surface area contributed by atoms with E-state index in [1.165, 1.54) is 0 Å². The van der Waals surface area contributed by atoms with E-state index >= 15 is 0 Å². The van der Waals surface area contributed by atoms with Gasteiger partial charge in [0.05, 0.1) is 0 Å². The predicted molar refractivity (Wildman–Crippen MR) is 44.6 cm³/mol. The van der Waals surface area contributed by atoms with Gasteiger partial charge in [-0.1, -0.05) is 41.5 Å². The first-order valence-electron chi connectivity index (χ1n) is 3.46. The van der Waals surface area contributed by atoms with Gasteiger partial charge >= 0.3 is 0 Å². The van der Waals surface area contributed by atoms with Crippen molar-refractivity contribution in [1.82, 2.24) is 0 Å². The Hall–Kier alpha value is -0.0400. The highest BCUT2D eigenvalue weighted by Crippen LogP contribution is 1.81. The maximum atomic E-state index is 2.17. The molecule has 1 heteroatoms. The van der Waals surface area contributed by atoms with E-state index < -0.39 is 0 Å². The molecule has 1 nitrogen and oxygen atoms in total. The number of rotatable bonds is 0. The predicted octanol–water partition coefficient (Wildman–Crippen LogP) is 2.50. The normalized spacial score (nSPS) is 8.00. The first-order chi connectivity index (χ1) is 3.46. The van der Waals surface area contributed by atoms with Crippen molar-refractivity contribution in [3.05, 3.63) is 0 Å². The molecule has 0 bridgehead atoms. The molecule has 0 aliphatic heterocycles. The molecule has 0 atom stereocenters. The van der Waals surface area contributed by atoms with E-state index in [1.807, 2.05) is 0 Å². The Morgan fingerprint density at radius 2 is 0.556 bits per heavy atom. The Bertz CT molecular complexity index is 20.0. The van der Waals surface area contributed by atoms with Crippen molar-refractivity contribution < 1.29 is 5.48 Å². The molecular formula is C8H22O.